The molecule has 0 atom stereocenters. The summed E-state index contributed by atoms with van der Waals surface area (Å²) in [5.41, 5.74) is 3.44. The maximum Gasteiger partial charge on any atom is 0.155 e. The van der Waals surface area contributed by atoms with Crippen molar-refractivity contribution in [2.45, 2.75) is 6.92 Å². The summed E-state index contributed by atoms with van der Waals surface area (Å²) < 4.78 is 1.83. The van der Waals surface area contributed by atoms with Crippen LogP contribution in [0.15, 0.2) is 67.1 Å². The molecule has 1 aromatic carbocycles. The minimum atomic E-state index is 0.855. The molecule has 140 valence electrons. The summed E-state index contributed by atoms with van der Waals surface area (Å²) in [6.45, 7) is 5.83. The smallest absolute Gasteiger partial charge is 0.155 e. The minimum absolute atomic E-state index is 0.855. The van der Waals surface area contributed by atoms with E-state index < -0.39 is 0 Å². The van der Waals surface area contributed by atoms with Crippen molar-refractivity contribution in [3.8, 4) is 5.82 Å². The molecule has 0 aliphatic carbocycles. The molecule has 28 heavy (non-hydrogen) atoms. The van der Waals surface area contributed by atoms with Gasteiger partial charge >= 0.3 is 0 Å². The van der Waals surface area contributed by atoms with Gasteiger partial charge in [0.15, 0.2) is 5.82 Å². The van der Waals surface area contributed by atoms with Gasteiger partial charge in [-0.15, -0.1) is 0 Å². The standard InChI is InChI=1S/C22H22N6/c1-17-15-24-28(16-17)22-8-4-7-21(25-22)27-13-11-26(12-14-27)20-9-10-23-19-6-3-2-5-18(19)20/h2-10,15-16H,11-14H2,1H3. The molecule has 0 radical (unpaired) electrons. The second-order valence-corrected chi connectivity index (χ2v) is 7.14. The SMILES string of the molecule is Cc1cnn(-c2cccc(N3CCN(c4ccnc5ccccc45)CC3)n2)c1. The van der Waals surface area contributed by atoms with E-state index in [1.807, 2.05) is 42.3 Å². The van der Waals surface area contributed by atoms with Gasteiger partial charge in [0.1, 0.15) is 5.82 Å². The van der Waals surface area contributed by atoms with E-state index in [9.17, 15) is 0 Å². The predicted molar refractivity (Wildman–Crippen MR) is 112 cm³/mol. The molecule has 0 spiro atoms. The van der Waals surface area contributed by atoms with E-state index in [-0.39, 0.29) is 0 Å². The van der Waals surface area contributed by atoms with Crippen LogP contribution in [0.1, 0.15) is 5.56 Å². The highest BCUT2D eigenvalue weighted by Crippen LogP contribution is 2.27. The summed E-state index contributed by atoms with van der Waals surface area (Å²) in [5, 5.41) is 5.59. The monoisotopic (exact) mass is 370 g/mol. The number of hydrogen-bond donors (Lipinski definition) is 0. The Bertz CT molecular complexity index is 1110. The van der Waals surface area contributed by atoms with Gasteiger partial charge < -0.3 is 9.80 Å². The Balaban J connectivity index is 1.35. The number of aryl methyl sites for hydroxylation is 1. The zero-order valence-corrected chi connectivity index (χ0v) is 15.9. The van der Waals surface area contributed by atoms with Crippen LogP contribution in [0.5, 0.6) is 0 Å². The molecule has 5 rings (SSSR count). The van der Waals surface area contributed by atoms with E-state index in [0.717, 1.165) is 48.9 Å². The van der Waals surface area contributed by atoms with Crippen LogP contribution in [0.3, 0.4) is 0 Å². The molecule has 1 aliphatic heterocycles. The second kappa shape index (κ2) is 6.96. The van der Waals surface area contributed by atoms with E-state index in [4.69, 9.17) is 4.98 Å². The fraction of sp³-hybridized carbons (Fsp3) is 0.227. The van der Waals surface area contributed by atoms with Gasteiger partial charge in [0.05, 0.1) is 11.7 Å². The zero-order chi connectivity index (χ0) is 18.9. The second-order valence-electron chi connectivity index (χ2n) is 7.14. The van der Waals surface area contributed by atoms with Crippen LogP contribution in [0, 0.1) is 6.92 Å². The van der Waals surface area contributed by atoms with Gasteiger partial charge in [-0.3, -0.25) is 4.98 Å². The summed E-state index contributed by atoms with van der Waals surface area (Å²) in [4.78, 5) is 14.1. The Hall–Kier alpha value is -3.41. The number of rotatable bonds is 3. The molecule has 3 aromatic heterocycles. The van der Waals surface area contributed by atoms with Gasteiger partial charge in [-0.25, -0.2) is 9.67 Å². The largest absolute Gasteiger partial charge is 0.367 e. The average molecular weight is 370 g/mol. The first-order chi connectivity index (χ1) is 13.8. The lowest BCUT2D eigenvalue weighted by molar-refractivity contribution is 0.647. The van der Waals surface area contributed by atoms with Crippen molar-refractivity contribution in [3.63, 3.8) is 0 Å². The van der Waals surface area contributed by atoms with E-state index in [1.54, 1.807) is 0 Å². The molecule has 0 amide bonds. The van der Waals surface area contributed by atoms with Crippen LogP contribution in [0.2, 0.25) is 0 Å². The molecule has 0 saturated carbocycles. The molecule has 1 saturated heterocycles. The van der Waals surface area contributed by atoms with Crippen LogP contribution in [-0.4, -0.2) is 45.9 Å². The predicted octanol–water partition coefficient (Wildman–Crippen LogP) is 3.45. The van der Waals surface area contributed by atoms with Crippen molar-refractivity contribution in [1.82, 2.24) is 19.7 Å². The Morgan fingerprint density at radius 1 is 0.821 bits per heavy atom. The molecular weight excluding hydrogens is 348 g/mol. The van der Waals surface area contributed by atoms with E-state index in [2.05, 4.69) is 56.3 Å². The molecule has 1 fully saturated rings. The first kappa shape index (κ1) is 16.7. The van der Waals surface area contributed by atoms with Crippen LogP contribution >= 0.6 is 0 Å². The first-order valence-corrected chi connectivity index (χ1v) is 9.60. The summed E-state index contributed by atoms with van der Waals surface area (Å²) in [6.07, 6.45) is 5.76. The quantitative estimate of drug-likeness (QED) is 0.553. The highest BCUT2D eigenvalue weighted by molar-refractivity contribution is 5.91. The topological polar surface area (TPSA) is 50.1 Å². The number of fused-ring (bicyclic) bond motifs is 1. The summed E-state index contributed by atoms with van der Waals surface area (Å²) in [7, 11) is 0. The summed E-state index contributed by atoms with van der Waals surface area (Å²) in [5.74, 6) is 1.86. The fourth-order valence-corrected chi connectivity index (χ4v) is 3.79. The van der Waals surface area contributed by atoms with E-state index in [1.165, 1.54) is 11.1 Å². The van der Waals surface area contributed by atoms with Crippen molar-refractivity contribution in [1.29, 1.82) is 0 Å². The highest BCUT2D eigenvalue weighted by Gasteiger charge is 2.20. The van der Waals surface area contributed by atoms with Crippen LogP contribution in [0.4, 0.5) is 11.5 Å². The molecule has 0 unspecified atom stereocenters. The first-order valence-electron chi connectivity index (χ1n) is 9.60. The number of pyridine rings is 2. The van der Waals surface area contributed by atoms with Crippen molar-refractivity contribution in [2.24, 2.45) is 0 Å². The third-order valence-corrected chi connectivity index (χ3v) is 5.24. The third kappa shape index (κ3) is 3.07. The summed E-state index contributed by atoms with van der Waals surface area (Å²) in [6, 6.07) is 16.6. The summed E-state index contributed by atoms with van der Waals surface area (Å²) >= 11 is 0. The van der Waals surface area contributed by atoms with Crippen LogP contribution in [-0.2, 0) is 0 Å². The molecule has 6 nitrogen and oxygen atoms in total. The van der Waals surface area contributed by atoms with E-state index >= 15 is 0 Å². The van der Waals surface area contributed by atoms with Crippen LogP contribution in [0.25, 0.3) is 16.7 Å². The molecule has 4 heterocycles. The maximum absolute atomic E-state index is 4.83. The number of anilines is 2. The van der Waals surface area contributed by atoms with Crippen LogP contribution < -0.4 is 9.80 Å². The number of piperazine rings is 1. The molecule has 0 bridgehead atoms. The average Bonchev–Trinajstić information content (AvgIpc) is 3.20. The number of para-hydroxylation sites is 1. The Morgan fingerprint density at radius 3 is 2.43 bits per heavy atom. The molecule has 0 N–H and O–H groups in total. The fourth-order valence-electron chi connectivity index (χ4n) is 3.79. The molecule has 1 aliphatic rings. The normalized spacial score (nSPS) is 14.6. The molecular formula is C22H22N6. The Kier molecular flexibility index (Phi) is 4.16. The molecule has 6 heteroatoms. The zero-order valence-electron chi connectivity index (χ0n) is 15.9. The Morgan fingerprint density at radius 2 is 1.61 bits per heavy atom. The Labute approximate surface area is 164 Å². The van der Waals surface area contributed by atoms with Gasteiger partial charge in [0, 0.05) is 49.6 Å². The van der Waals surface area contributed by atoms with Gasteiger partial charge in [-0.2, -0.15) is 5.10 Å². The van der Waals surface area contributed by atoms with Gasteiger partial charge in [-0.05, 0) is 36.8 Å². The van der Waals surface area contributed by atoms with Gasteiger partial charge in [0.2, 0.25) is 0 Å². The lowest BCUT2D eigenvalue weighted by Gasteiger charge is -2.37. The highest BCUT2D eigenvalue weighted by atomic mass is 15.3. The lowest BCUT2D eigenvalue weighted by Crippen LogP contribution is -2.47. The number of benzene rings is 1. The van der Waals surface area contributed by atoms with Crippen molar-refractivity contribution < 1.29 is 0 Å². The number of hydrogen-bond acceptors (Lipinski definition) is 5. The van der Waals surface area contributed by atoms with Crippen molar-refractivity contribution >= 4 is 22.4 Å². The van der Waals surface area contributed by atoms with E-state index in [0.29, 0.717) is 0 Å². The maximum atomic E-state index is 4.83. The molecule has 4 aromatic rings. The lowest BCUT2D eigenvalue weighted by atomic mass is 10.1. The van der Waals surface area contributed by atoms with Crippen molar-refractivity contribution in [2.75, 3.05) is 36.0 Å². The van der Waals surface area contributed by atoms with Gasteiger partial charge in [0.25, 0.3) is 0 Å². The van der Waals surface area contributed by atoms with Gasteiger partial charge in [-0.1, -0.05) is 24.3 Å². The number of nitrogens with zero attached hydrogens (tertiary/aromatic N) is 6. The van der Waals surface area contributed by atoms with Crippen molar-refractivity contribution in [3.05, 3.63) is 72.7 Å². The number of aromatic nitrogens is 4. The third-order valence-electron chi connectivity index (χ3n) is 5.24. The minimum Gasteiger partial charge on any atom is -0.367 e.